The molecule has 82 valence electrons. The molecule has 0 radical (unpaired) electrons. The fourth-order valence-electron chi connectivity index (χ4n) is 1.92. The largest absolute Gasteiger partial charge is 0.390 e. The van der Waals surface area contributed by atoms with Gasteiger partial charge in [0.25, 0.3) is 0 Å². The summed E-state index contributed by atoms with van der Waals surface area (Å²) < 4.78 is 2.20. The summed E-state index contributed by atoms with van der Waals surface area (Å²) in [5, 5.41) is 9.13. The summed E-state index contributed by atoms with van der Waals surface area (Å²) in [6.07, 6.45) is 2.39. The number of hydrogen-bond acceptors (Lipinski definition) is 3. The van der Waals surface area contributed by atoms with Gasteiger partial charge in [-0.25, -0.2) is 0 Å². The van der Waals surface area contributed by atoms with Crippen LogP contribution in [0, 0.1) is 4.77 Å². The van der Waals surface area contributed by atoms with Gasteiger partial charge in [-0.05, 0) is 18.6 Å². The highest BCUT2D eigenvalue weighted by Crippen LogP contribution is 2.24. The number of aliphatic hydroxyl groups excluding tert-OH is 1. The van der Waals surface area contributed by atoms with E-state index in [2.05, 4.69) is 4.98 Å². The maximum absolute atomic E-state index is 11.8. The summed E-state index contributed by atoms with van der Waals surface area (Å²) in [5.41, 5.74) is 0.661. The fraction of sp³-hybridized carbons (Fsp3) is 0.556. The van der Waals surface area contributed by atoms with Gasteiger partial charge in [0, 0.05) is 19.8 Å². The lowest BCUT2D eigenvalue weighted by atomic mass is 10.2. The molecule has 1 atom stereocenters. The third kappa shape index (κ3) is 1.59. The van der Waals surface area contributed by atoms with Crippen LogP contribution >= 0.6 is 12.2 Å². The Kier molecular flexibility index (Phi) is 2.62. The molecule has 1 aliphatic heterocycles. The lowest BCUT2D eigenvalue weighted by Crippen LogP contribution is -2.25. The summed E-state index contributed by atoms with van der Waals surface area (Å²) in [4.78, 5) is 16.3. The zero-order valence-electron chi connectivity index (χ0n) is 8.43. The summed E-state index contributed by atoms with van der Waals surface area (Å²) in [6.45, 7) is 0.627. The summed E-state index contributed by atoms with van der Waals surface area (Å²) in [7, 11) is 1.78. The van der Waals surface area contributed by atoms with Crippen LogP contribution in [0.1, 0.15) is 18.2 Å². The smallest absolute Gasteiger partial charge is 0.245 e. The van der Waals surface area contributed by atoms with Gasteiger partial charge in [0.1, 0.15) is 6.04 Å². The highest BCUT2D eigenvalue weighted by Gasteiger charge is 2.31. The van der Waals surface area contributed by atoms with Crippen LogP contribution in [-0.4, -0.2) is 39.1 Å². The van der Waals surface area contributed by atoms with Crippen molar-refractivity contribution in [2.45, 2.75) is 19.1 Å². The van der Waals surface area contributed by atoms with E-state index in [1.807, 2.05) is 0 Å². The number of aromatic nitrogens is 2. The fourth-order valence-corrected chi connectivity index (χ4v) is 2.23. The van der Waals surface area contributed by atoms with Crippen LogP contribution in [-0.2, 0) is 11.4 Å². The topological polar surface area (TPSA) is 61.3 Å². The van der Waals surface area contributed by atoms with E-state index < -0.39 is 0 Å². The quantitative estimate of drug-likeness (QED) is 0.721. The third-order valence-electron chi connectivity index (χ3n) is 2.76. The summed E-state index contributed by atoms with van der Waals surface area (Å²) >= 11 is 5.09. The van der Waals surface area contributed by atoms with Crippen molar-refractivity contribution < 1.29 is 9.90 Å². The zero-order valence-corrected chi connectivity index (χ0v) is 9.25. The van der Waals surface area contributed by atoms with Gasteiger partial charge in [-0.2, -0.15) is 0 Å². The van der Waals surface area contributed by atoms with Gasteiger partial charge in [-0.15, -0.1) is 0 Å². The van der Waals surface area contributed by atoms with Crippen LogP contribution < -0.4 is 0 Å². The molecule has 6 heteroatoms. The van der Waals surface area contributed by atoms with Crippen molar-refractivity contribution in [1.29, 1.82) is 0 Å². The Morgan fingerprint density at radius 2 is 2.47 bits per heavy atom. The number of hydrogen-bond donors (Lipinski definition) is 2. The Bertz CT molecular complexity index is 437. The molecular weight excluding hydrogens is 214 g/mol. The zero-order chi connectivity index (χ0) is 11.0. The first-order valence-corrected chi connectivity index (χ1v) is 5.20. The first-order valence-electron chi connectivity index (χ1n) is 4.79. The number of aliphatic hydroxyl groups is 1. The number of imidazole rings is 1. The van der Waals surface area contributed by atoms with Gasteiger partial charge < -0.3 is 19.6 Å². The molecule has 1 amide bonds. The number of rotatable bonds is 2. The molecule has 1 unspecified atom stereocenters. The highest BCUT2D eigenvalue weighted by molar-refractivity contribution is 7.71. The number of aromatic amines is 1. The minimum Gasteiger partial charge on any atom is -0.390 e. The molecule has 2 rings (SSSR count). The van der Waals surface area contributed by atoms with E-state index in [1.54, 1.807) is 22.7 Å². The van der Waals surface area contributed by atoms with E-state index in [9.17, 15) is 4.79 Å². The van der Waals surface area contributed by atoms with Crippen LogP contribution in [0.5, 0.6) is 0 Å². The number of nitrogens with zero attached hydrogens (tertiary/aromatic N) is 2. The van der Waals surface area contributed by atoms with E-state index in [1.165, 1.54) is 0 Å². The Morgan fingerprint density at radius 1 is 1.73 bits per heavy atom. The predicted octanol–water partition coefficient (Wildman–Crippen LogP) is 0.441. The van der Waals surface area contributed by atoms with Crippen LogP contribution in [0.3, 0.4) is 0 Å². The van der Waals surface area contributed by atoms with Gasteiger partial charge in [0.05, 0.1) is 12.3 Å². The standard InChI is InChI=1S/C9H13N3O2S/c1-11-3-2-7(8(11)14)12-6(5-13)4-10-9(12)15/h4,7,13H,2-3,5H2,1H3,(H,10,15). The second kappa shape index (κ2) is 3.79. The monoisotopic (exact) mass is 227 g/mol. The minimum absolute atomic E-state index is 0.0559. The average Bonchev–Trinajstić information content (AvgIpc) is 2.73. The second-order valence-corrected chi connectivity index (χ2v) is 4.06. The van der Waals surface area contributed by atoms with E-state index in [0.29, 0.717) is 10.5 Å². The first kappa shape index (κ1) is 10.4. The molecule has 2 heterocycles. The van der Waals surface area contributed by atoms with Crippen molar-refractivity contribution >= 4 is 18.1 Å². The molecule has 0 aliphatic carbocycles. The Labute approximate surface area is 92.3 Å². The van der Waals surface area contributed by atoms with Gasteiger partial charge in [0.15, 0.2) is 4.77 Å². The number of carbonyl (C=O) groups is 1. The normalized spacial score (nSPS) is 21.3. The number of likely N-dealkylation sites (tertiary alicyclic amines) is 1. The minimum atomic E-state index is -0.254. The van der Waals surface area contributed by atoms with Crippen molar-refractivity contribution in [2.75, 3.05) is 13.6 Å². The number of H-pyrrole nitrogens is 1. The molecule has 1 aromatic heterocycles. The van der Waals surface area contributed by atoms with Gasteiger partial charge >= 0.3 is 0 Å². The number of likely N-dealkylation sites (N-methyl/N-ethyl adjacent to an activating group) is 1. The molecule has 2 N–H and O–H groups in total. The summed E-state index contributed by atoms with van der Waals surface area (Å²) in [5.74, 6) is 0.0559. The Balaban J connectivity index is 2.41. The van der Waals surface area contributed by atoms with E-state index in [-0.39, 0.29) is 18.6 Å². The van der Waals surface area contributed by atoms with Crippen LogP contribution in [0.4, 0.5) is 0 Å². The molecule has 0 saturated carbocycles. The van der Waals surface area contributed by atoms with E-state index in [4.69, 9.17) is 17.3 Å². The maximum Gasteiger partial charge on any atom is 0.245 e. The Hall–Kier alpha value is -1.14. The molecule has 15 heavy (non-hydrogen) atoms. The lowest BCUT2D eigenvalue weighted by molar-refractivity contribution is -0.129. The summed E-state index contributed by atoms with van der Waals surface area (Å²) in [6, 6.07) is -0.254. The van der Waals surface area contributed by atoms with Crippen LogP contribution in [0.15, 0.2) is 6.20 Å². The first-order chi connectivity index (χ1) is 7.15. The second-order valence-electron chi connectivity index (χ2n) is 3.68. The van der Waals surface area contributed by atoms with Gasteiger partial charge in [-0.3, -0.25) is 4.79 Å². The molecule has 5 nitrogen and oxygen atoms in total. The van der Waals surface area contributed by atoms with Crippen LogP contribution in [0.2, 0.25) is 0 Å². The molecule has 0 spiro atoms. The average molecular weight is 227 g/mol. The molecule has 1 aromatic rings. The number of amides is 1. The van der Waals surface area contributed by atoms with Gasteiger partial charge in [0.2, 0.25) is 5.91 Å². The van der Waals surface area contributed by atoms with Crippen molar-refractivity contribution in [1.82, 2.24) is 14.5 Å². The molecule has 1 fully saturated rings. The van der Waals surface area contributed by atoms with Gasteiger partial charge in [-0.1, -0.05) is 0 Å². The van der Waals surface area contributed by atoms with E-state index >= 15 is 0 Å². The number of nitrogens with one attached hydrogen (secondary N) is 1. The third-order valence-corrected chi connectivity index (χ3v) is 3.08. The van der Waals surface area contributed by atoms with E-state index in [0.717, 1.165) is 13.0 Å². The molecular formula is C9H13N3O2S. The molecule has 1 aliphatic rings. The Morgan fingerprint density at radius 3 is 3.00 bits per heavy atom. The van der Waals surface area contributed by atoms with Crippen molar-refractivity contribution in [2.24, 2.45) is 0 Å². The maximum atomic E-state index is 11.8. The van der Waals surface area contributed by atoms with Crippen LogP contribution in [0.25, 0.3) is 0 Å². The molecule has 1 saturated heterocycles. The SMILES string of the molecule is CN1CCC(n2c(CO)c[nH]c2=S)C1=O. The van der Waals surface area contributed by atoms with Crippen molar-refractivity contribution in [3.8, 4) is 0 Å². The van der Waals surface area contributed by atoms with Crippen molar-refractivity contribution in [3.05, 3.63) is 16.7 Å². The molecule has 0 aromatic carbocycles. The predicted molar refractivity (Wildman–Crippen MR) is 56.8 cm³/mol. The van der Waals surface area contributed by atoms with Crippen molar-refractivity contribution in [3.63, 3.8) is 0 Å². The highest BCUT2D eigenvalue weighted by atomic mass is 32.1. The number of carbonyl (C=O) groups excluding carboxylic acids is 1. The lowest BCUT2D eigenvalue weighted by Gasteiger charge is -2.13. The molecule has 0 bridgehead atoms.